The second-order valence-corrected chi connectivity index (χ2v) is 6.52. The van der Waals surface area contributed by atoms with Crippen molar-refractivity contribution >= 4 is 27.3 Å². The van der Waals surface area contributed by atoms with E-state index in [9.17, 15) is 0 Å². The van der Waals surface area contributed by atoms with E-state index in [-0.39, 0.29) is 0 Å². The Hall–Kier alpha value is -0.640. The highest BCUT2D eigenvalue weighted by atomic mass is 79.9. The van der Waals surface area contributed by atoms with E-state index in [1.54, 1.807) is 0 Å². The van der Waals surface area contributed by atoms with Crippen LogP contribution in [0.2, 0.25) is 0 Å². The van der Waals surface area contributed by atoms with Gasteiger partial charge < -0.3 is 5.32 Å². The van der Waals surface area contributed by atoms with Crippen LogP contribution in [0.4, 0.5) is 0 Å². The van der Waals surface area contributed by atoms with Crippen molar-refractivity contribution in [2.75, 3.05) is 0 Å². The van der Waals surface area contributed by atoms with Gasteiger partial charge in [0.1, 0.15) is 0 Å². The Labute approximate surface area is 121 Å². The Bertz CT molecular complexity index is 519. The molecule has 0 saturated carbocycles. The third kappa shape index (κ3) is 3.67. The molecule has 96 valence electrons. The lowest BCUT2D eigenvalue weighted by Gasteiger charge is -2.05. The van der Waals surface area contributed by atoms with Crippen LogP contribution in [0.25, 0.3) is 0 Å². The summed E-state index contributed by atoms with van der Waals surface area (Å²) in [6.45, 7) is 6.21. The molecule has 0 saturated heterocycles. The molecule has 18 heavy (non-hydrogen) atoms. The SMILES string of the molecule is CCc1ccc(CNCc2ccc(Br)c(C)c2)s1. The maximum atomic E-state index is 3.53. The van der Waals surface area contributed by atoms with E-state index >= 15 is 0 Å². The highest BCUT2D eigenvalue weighted by Crippen LogP contribution is 2.18. The average molecular weight is 324 g/mol. The number of hydrogen-bond donors (Lipinski definition) is 1. The zero-order valence-corrected chi connectivity index (χ0v) is 13.2. The van der Waals surface area contributed by atoms with Gasteiger partial charge in [-0.05, 0) is 42.7 Å². The third-order valence-corrected chi connectivity index (χ3v) is 5.04. The molecule has 0 radical (unpaired) electrons. The molecule has 0 spiro atoms. The second kappa shape index (κ2) is 6.50. The smallest absolute Gasteiger partial charge is 0.0303 e. The molecule has 0 unspecified atom stereocenters. The molecule has 0 bridgehead atoms. The van der Waals surface area contributed by atoms with E-state index in [1.807, 2.05) is 11.3 Å². The lowest BCUT2D eigenvalue weighted by Crippen LogP contribution is -2.11. The summed E-state index contributed by atoms with van der Waals surface area (Å²) in [5, 5.41) is 3.50. The molecule has 1 heterocycles. The van der Waals surface area contributed by atoms with Crippen LogP contribution in [0.5, 0.6) is 0 Å². The Kier molecular flexibility index (Phi) is 4.98. The van der Waals surface area contributed by atoms with Crippen LogP contribution in [0.3, 0.4) is 0 Å². The number of aryl methyl sites for hydroxylation is 2. The summed E-state index contributed by atoms with van der Waals surface area (Å²) < 4.78 is 1.18. The maximum absolute atomic E-state index is 3.53. The largest absolute Gasteiger partial charge is 0.308 e. The van der Waals surface area contributed by atoms with Crippen molar-refractivity contribution in [2.24, 2.45) is 0 Å². The van der Waals surface area contributed by atoms with E-state index in [1.165, 1.54) is 25.4 Å². The van der Waals surface area contributed by atoms with Gasteiger partial charge in [0.05, 0.1) is 0 Å². The van der Waals surface area contributed by atoms with Crippen molar-refractivity contribution in [1.29, 1.82) is 0 Å². The van der Waals surface area contributed by atoms with Gasteiger partial charge in [-0.15, -0.1) is 11.3 Å². The van der Waals surface area contributed by atoms with Gasteiger partial charge in [-0.1, -0.05) is 35.0 Å². The summed E-state index contributed by atoms with van der Waals surface area (Å²) in [6, 6.07) is 11.0. The summed E-state index contributed by atoms with van der Waals surface area (Å²) in [7, 11) is 0. The topological polar surface area (TPSA) is 12.0 Å². The molecule has 1 N–H and O–H groups in total. The van der Waals surface area contributed by atoms with E-state index < -0.39 is 0 Å². The van der Waals surface area contributed by atoms with Crippen molar-refractivity contribution in [3.63, 3.8) is 0 Å². The van der Waals surface area contributed by atoms with E-state index in [2.05, 4.69) is 65.4 Å². The van der Waals surface area contributed by atoms with Gasteiger partial charge in [-0.3, -0.25) is 0 Å². The molecular formula is C15H18BrNS. The normalized spacial score (nSPS) is 10.8. The van der Waals surface area contributed by atoms with Crippen LogP contribution in [-0.4, -0.2) is 0 Å². The van der Waals surface area contributed by atoms with Crippen LogP contribution >= 0.6 is 27.3 Å². The predicted octanol–water partition coefficient (Wildman–Crippen LogP) is 4.67. The molecule has 1 aromatic heterocycles. The summed E-state index contributed by atoms with van der Waals surface area (Å²) in [6.07, 6.45) is 1.14. The lowest BCUT2D eigenvalue weighted by molar-refractivity contribution is 0.700. The number of benzene rings is 1. The fraction of sp³-hybridized carbons (Fsp3) is 0.333. The van der Waals surface area contributed by atoms with Crippen LogP contribution in [0.15, 0.2) is 34.8 Å². The minimum Gasteiger partial charge on any atom is -0.308 e. The Morgan fingerprint density at radius 1 is 1.11 bits per heavy atom. The fourth-order valence-electron chi connectivity index (χ4n) is 1.85. The van der Waals surface area contributed by atoms with Crippen LogP contribution in [0, 0.1) is 6.92 Å². The predicted molar refractivity (Wildman–Crippen MR) is 83.1 cm³/mol. The zero-order chi connectivity index (χ0) is 13.0. The van der Waals surface area contributed by atoms with Gasteiger partial charge in [0.25, 0.3) is 0 Å². The molecule has 0 atom stereocenters. The van der Waals surface area contributed by atoms with Crippen molar-refractivity contribution in [3.05, 3.63) is 55.7 Å². The quantitative estimate of drug-likeness (QED) is 0.843. The highest BCUT2D eigenvalue weighted by Gasteiger charge is 2.00. The first-order valence-electron chi connectivity index (χ1n) is 6.22. The average Bonchev–Trinajstić information content (AvgIpc) is 2.82. The van der Waals surface area contributed by atoms with Crippen molar-refractivity contribution < 1.29 is 0 Å². The molecule has 0 amide bonds. The molecule has 0 fully saturated rings. The number of thiophene rings is 1. The minimum absolute atomic E-state index is 0.924. The first kappa shape index (κ1) is 13.8. The molecule has 2 aromatic rings. The van der Waals surface area contributed by atoms with Crippen molar-refractivity contribution in [1.82, 2.24) is 5.32 Å². The molecule has 1 nitrogen and oxygen atoms in total. The van der Waals surface area contributed by atoms with Gasteiger partial charge in [0.15, 0.2) is 0 Å². The van der Waals surface area contributed by atoms with Crippen LogP contribution in [0.1, 0.15) is 27.8 Å². The summed E-state index contributed by atoms with van der Waals surface area (Å²) in [5.41, 5.74) is 2.63. The maximum Gasteiger partial charge on any atom is 0.0303 e. The van der Waals surface area contributed by atoms with E-state index in [4.69, 9.17) is 0 Å². The van der Waals surface area contributed by atoms with Gasteiger partial charge in [0.2, 0.25) is 0 Å². The molecule has 1 aromatic carbocycles. The first-order chi connectivity index (χ1) is 8.69. The fourth-order valence-corrected chi connectivity index (χ4v) is 3.03. The summed E-state index contributed by atoms with van der Waals surface area (Å²) >= 11 is 5.43. The molecule has 0 aliphatic rings. The molecular weight excluding hydrogens is 306 g/mol. The van der Waals surface area contributed by atoms with Crippen LogP contribution < -0.4 is 5.32 Å². The van der Waals surface area contributed by atoms with Gasteiger partial charge in [-0.25, -0.2) is 0 Å². The Morgan fingerprint density at radius 2 is 1.89 bits per heavy atom. The standard InChI is InChI=1S/C15H18BrNS/c1-3-13-5-6-14(18-13)10-17-9-12-4-7-15(16)11(2)8-12/h4-8,17H,3,9-10H2,1-2H3. The number of halogens is 1. The Balaban J connectivity index is 1.86. The second-order valence-electron chi connectivity index (χ2n) is 4.41. The number of nitrogens with one attached hydrogen (secondary N) is 1. The minimum atomic E-state index is 0.924. The Morgan fingerprint density at radius 3 is 2.56 bits per heavy atom. The highest BCUT2D eigenvalue weighted by molar-refractivity contribution is 9.10. The summed E-state index contributed by atoms with van der Waals surface area (Å²) in [4.78, 5) is 2.88. The van der Waals surface area contributed by atoms with Gasteiger partial charge in [-0.2, -0.15) is 0 Å². The monoisotopic (exact) mass is 323 g/mol. The van der Waals surface area contributed by atoms with Crippen molar-refractivity contribution in [3.8, 4) is 0 Å². The third-order valence-electron chi connectivity index (χ3n) is 2.92. The van der Waals surface area contributed by atoms with E-state index in [0.717, 1.165) is 19.5 Å². The first-order valence-corrected chi connectivity index (χ1v) is 7.83. The molecule has 0 aliphatic carbocycles. The van der Waals surface area contributed by atoms with Gasteiger partial charge in [0, 0.05) is 27.3 Å². The molecule has 3 heteroatoms. The molecule has 0 aliphatic heterocycles. The molecule has 2 rings (SSSR count). The van der Waals surface area contributed by atoms with Gasteiger partial charge >= 0.3 is 0 Å². The van der Waals surface area contributed by atoms with Crippen LogP contribution in [-0.2, 0) is 19.5 Å². The summed E-state index contributed by atoms with van der Waals surface area (Å²) in [5.74, 6) is 0. The van der Waals surface area contributed by atoms with E-state index in [0.29, 0.717) is 0 Å². The number of rotatable bonds is 5. The lowest BCUT2D eigenvalue weighted by atomic mass is 10.1. The van der Waals surface area contributed by atoms with Crippen molar-refractivity contribution in [2.45, 2.75) is 33.4 Å². The number of hydrogen-bond acceptors (Lipinski definition) is 2. The zero-order valence-electron chi connectivity index (χ0n) is 10.8.